The van der Waals surface area contributed by atoms with Gasteiger partial charge in [-0.1, -0.05) is 24.3 Å². The Bertz CT molecular complexity index is 568. The number of fused-ring (bicyclic) bond motifs is 1. The predicted molar refractivity (Wildman–Crippen MR) is 76.4 cm³/mol. The molecule has 3 rings (SSSR count). The topological polar surface area (TPSA) is 54.0 Å². The quantitative estimate of drug-likeness (QED) is 0.881. The van der Waals surface area contributed by atoms with Crippen LogP contribution in [-0.4, -0.2) is 11.0 Å². The number of urea groups is 1. The average molecular weight is 273 g/mol. The standard InChI is InChI=1S/C14H15N3OS/c18-13(17-14-15-8-9-19-14)16-12-7-3-5-10-4-1-2-6-11(10)12/h1-2,4,6,8-9,12H,3,5,7H2,(H2,15,16,17,18)/t12-/m1/s1. The van der Waals surface area contributed by atoms with E-state index < -0.39 is 0 Å². The largest absolute Gasteiger partial charge is 0.331 e. The lowest BCUT2D eigenvalue weighted by molar-refractivity contribution is 0.247. The molecule has 0 fully saturated rings. The normalized spacial score (nSPS) is 17.6. The second kappa shape index (κ2) is 5.40. The van der Waals surface area contributed by atoms with Gasteiger partial charge in [-0.05, 0) is 30.4 Å². The maximum absolute atomic E-state index is 11.9. The number of hydrogen-bond donors (Lipinski definition) is 2. The van der Waals surface area contributed by atoms with Gasteiger partial charge in [0.15, 0.2) is 5.13 Å². The first-order chi connectivity index (χ1) is 9.33. The number of nitrogens with one attached hydrogen (secondary N) is 2. The minimum absolute atomic E-state index is 0.102. The second-order valence-electron chi connectivity index (χ2n) is 4.58. The monoisotopic (exact) mass is 273 g/mol. The molecule has 0 unspecified atom stereocenters. The van der Waals surface area contributed by atoms with Crippen LogP contribution in [0.2, 0.25) is 0 Å². The van der Waals surface area contributed by atoms with E-state index in [1.54, 1.807) is 6.20 Å². The van der Waals surface area contributed by atoms with E-state index in [0.29, 0.717) is 5.13 Å². The lowest BCUT2D eigenvalue weighted by atomic mass is 9.88. The molecule has 0 saturated heterocycles. The predicted octanol–water partition coefficient (Wildman–Crippen LogP) is 3.34. The van der Waals surface area contributed by atoms with E-state index in [1.807, 2.05) is 11.4 Å². The van der Waals surface area contributed by atoms with Crippen LogP contribution in [0.25, 0.3) is 0 Å². The molecular formula is C14H15N3OS. The van der Waals surface area contributed by atoms with Crippen molar-refractivity contribution in [2.75, 3.05) is 5.32 Å². The number of carbonyl (C=O) groups is 1. The highest BCUT2D eigenvalue weighted by molar-refractivity contribution is 7.13. The third kappa shape index (κ3) is 2.76. The molecule has 0 radical (unpaired) electrons. The van der Waals surface area contributed by atoms with E-state index in [0.717, 1.165) is 19.3 Å². The van der Waals surface area contributed by atoms with E-state index in [2.05, 4.69) is 33.8 Å². The van der Waals surface area contributed by atoms with E-state index in [1.165, 1.54) is 22.5 Å². The van der Waals surface area contributed by atoms with Gasteiger partial charge < -0.3 is 5.32 Å². The van der Waals surface area contributed by atoms with Gasteiger partial charge >= 0.3 is 6.03 Å². The molecule has 5 heteroatoms. The first-order valence-corrected chi connectivity index (χ1v) is 7.26. The summed E-state index contributed by atoms with van der Waals surface area (Å²) >= 11 is 1.42. The highest BCUT2D eigenvalue weighted by Crippen LogP contribution is 2.29. The molecule has 1 aliphatic rings. The summed E-state index contributed by atoms with van der Waals surface area (Å²) in [6.45, 7) is 0. The summed E-state index contributed by atoms with van der Waals surface area (Å²) in [6.07, 6.45) is 4.88. The van der Waals surface area contributed by atoms with Crippen LogP contribution in [-0.2, 0) is 6.42 Å². The molecule has 4 nitrogen and oxygen atoms in total. The molecule has 2 N–H and O–H groups in total. The van der Waals surface area contributed by atoms with Crippen LogP contribution in [0.4, 0.5) is 9.93 Å². The van der Waals surface area contributed by atoms with E-state index in [4.69, 9.17) is 0 Å². The van der Waals surface area contributed by atoms with Gasteiger partial charge in [-0.15, -0.1) is 11.3 Å². The van der Waals surface area contributed by atoms with E-state index in [-0.39, 0.29) is 12.1 Å². The number of benzene rings is 1. The van der Waals surface area contributed by atoms with Gasteiger partial charge in [0.2, 0.25) is 0 Å². The second-order valence-corrected chi connectivity index (χ2v) is 5.47. The van der Waals surface area contributed by atoms with Crippen molar-refractivity contribution in [3.8, 4) is 0 Å². The van der Waals surface area contributed by atoms with Crippen molar-refractivity contribution in [2.24, 2.45) is 0 Å². The summed E-state index contributed by atoms with van der Waals surface area (Å²) in [7, 11) is 0. The summed E-state index contributed by atoms with van der Waals surface area (Å²) in [4.78, 5) is 16.0. The fourth-order valence-electron chi connectivity index (χ4n) is 2.48. The Balaban J connectivity index is 1.69. The zero-order valence-corrected chi connectivity index (χ0v) is 11.2. The fraction of sp³-hybridized carbons (Fsp3) is 0.286. The molecule has 0 saturated carbocycles. The van der Waals surface area contributed by atoms with Gasteiger partial charge in [0.1, 0.15) is 0 Å². The number of amides is 2. The van der Waals surface area contributed by atoms with Crippen molar-refractivity contribution >= 4 is 22.5 Å². The van der Waals surface area contributed by atoms with Crippen molar-refractivity contribution in [3.63, 3.8) is 0 Å². The van der Waals surface area contributed by atoms with Gasteiger partial charge in [-0.2, -0.15) is 0 Å². The van der Waals surface area contributed by atoms with Crippen LogP contribution >= 0.6 is 11.3 Å². The van der Waals surface area contributed by atoms with Crippen molar-refractivity contribution in [1.82, 2.24) is 10.3 Å². The lowest BCUT2D eigenvalue weighted by Crippen LogP contribution is -2.34. The molecule has 1 heterocycles. The summed E-state index contributed by atoms with van der Waals surface area (Å²) < 4.78 is 0. The minimum Gasteiger partial charge on any atom is -0.331 e. The molecule has 1 atom stereocenters. The zero-order chi connectivity index (χ0) is 13.1. The Hall–Kier alpha value is -1.88. The zero-order valence-electron chi connectivity index (χ0n) is 10.4. The van der Waals surface area contributed by atoms with Crippen molar-refractivity contribution in [3.05, 3.63) is 47.0 Å². The third-order valence-corrected chi connectivity index (χ3v) is 4.02. The number of thiazole rings is 1. The van der Waals surface area contributed by atoms with Crippen LogP contribution in [0.1, 0.15) is 30.0 Å². The molecule has 0 spiro atoms. The summed E-state index contributed by atoms with van der Waals surface area (Å²) in [6, 6.07) is 8.24. The number of carbonyl (C=O) groups excluding carboxylic acids is 1. The van der Waals surface area contributed by atoms with Crippen molar-refractivity contribution in [1.29, 1.82) is 0 Å². The lowest BCUT2D eigenvalue weighted by Gasteiger charge is -2.26. The molecule has 19 heavy (non-hydrogen) atoms. The van der Waals surface area contributed by atoms with Crippen LogP contribution in [0, 0.1) is 0 Å². The van der Waals surface area contributed by atoms with Gasteiger partial charge in [0, 0.05) is 11.6 Å². The maximum Gasteiger partial charge on any atom is 0.321 e. The molecule has 1 aromatic heterocycles. The fourth-order valence-corrected chi connectivity index (χ4v) is 3.00. The Labute approximate surface area is 115 Å². The molecule has 2 aromatic rings. The van der Waals surface area contributed by atoms with Gasteiger partial charge in [0.05, 0.1) is 6.04 Å². The molecule has 1 aromatic carbocycles. The van der Waals surface area contributed by atoms with Crippen molar-refractivity contribution < 1.29 is 4.79 Å². The van der Waals surface area contributed by atoms with Gasteiger partial charge in [0.25, 0.3) is 0 Å². The summed E-state index contributed by atoms with van der Waals surface area (Å²) in [5, 5.41) is 8.25. The molecular weight excluding hydrogens is 258 g/mol. The Morgan fingerprint density at radius 3 is 3.11 bits per heavy atom. The Morgan fingerprint density at radius 1 is 1.37 bits per heavy atom. The summed E-state index contributed by atoms with van der Waals surface area (Å²) in [5.74, 6) is 0. The van der Waals surface area contributed by atoms with Crippen LogP contribution < -0.4 is 10.6 Å². The third-order valence-electron chi connectivity index (χ3n) is 3.33. The smallest absolute Gasteiger partial charge is 0.321 e. The Morgan fingerprint density at radius 2 is 2.26 bits per heavy atom. The van der Waals surface area contributed by atoms with E-state index >= 15 is 0 Å². The van der Waals surface area contributed by atoms with Crippen LogP contribution in [0.3, 0.4) is 0 Å². The van der Waals surface area contributed by atoms with Gasteiger partial charge in [-0.3, -0.25) is 5.32 Å². The Kier molecular flexibility index (Phi) is 3.46. The SMILES string of the molecule is O=C(Nc1nccs1)N[C@@H]1CCCc2ccccc21. The molecule has 0 aliphatic heterocycles. The maximum atomic E-state index is 11.9. The summed E-state index contributed by atoms with van der Waals surface area (Å²) in [5.41, 5.74) is 2.58. The van der Waals surface area contributed by atoms with Gasteiger partial charge in [-0.25, -0.2) is 9.78 Å². The minimum atomic E-state index is -0.184. The number of hydrogen-bond acceptors (Lipinski definition) is 3. The number of aromatic nitrogens is 1. The number of rotatable bonds is 2. The highest BCUT2D eigenvalue weighted by Gasteiger charge is 2.21. The number of aryl methyl sites for hydroxylation is 1. The molecule has 98 valence electrons. The highest BCUT2D eigenvalue weighted by atomic mass is 32.1. The number of nitrogens with zero attached hydrogens (tertiary/aromatic N) is 1. The first-order valence-electron chi connectivity index (χ1n) is 6.38. The van der Waals surface area contributed by atoms with E-state index in [9.17, 15) is 4.79 Å². The molecule has 2 amide bonds. The van der Waals surface area contributed by atoms with Crippen molar-refractivity contribution in [2.45, 2.75) is 25.3 Å². The molecule has 1 aliphatic carbocycles. The first kappa shape index (κ1) is 12.2. The average Bonchev–Trinajstić information content (AvgIpc) is 2.92. The molecule has 0 bridgehead atoms. The number of anilines is 1. The van der Waals surface area contributed by atoms with Crippen LogP contribution in [0.5, 0.6) is 0 Å². The van der Waals surface area contributed by atoms with Crippen LogP contribution in [0.15, 0.2) is 35.8 Å².